The second kappa shape index (κ2) is 14.1. The van der Waals surface area contributed by atoms with Crippen molar-refractivity contribution in [2.45, 2.75) is 58.2 Å². The molecule has 36 heavy (non-hydrogen) atoms. The number of ether oxygens (including phenoxy) is 2. The van der Waals surface area contributed by atoms with Gasteiger partial charge in [0.15, 0.2) is 0 Å². The maximum Gasteiger partial charge on any atom is 0.408 e. The monoisotopic (exact) mass is 497 g/mol. The Morgan fingerprint density at radius 1 is 1.19 bits per heavy atom. The summed E-state index contributed by atoms with van der Waals surface area (Å²) in [5.41, 5.74) is 1.73. The fourth-order valence-electron chi connectivity index (χ4n) is 3.76. The lowest BCUT2D eigenvalue weighted by Crippen LogP contribution is -2.53. The Labute approximate surface area is 211 Å². The lowest BCUT2D eigenvalue weighted by Gasteiger charge is -2.25. The predicted molar refractivity (Wildman–Crippen MR) is 133 cm³/mol. The Morgan fingerprint density at radius 3 is 2.78 bits per heavy atom. The van der Waals surface area contributed by atoms with Crippen molar-refractivity contribution in [2.75, 3.05) is 19.8 Å². The van der Waals surface area contributed by atoms with E-state index in [0.29, 0.717) is 25.8 Å². The van der Waals surface area contributed by atoms with E-state index in [9.17, 15) is 14.4 Å². The standard InChI is InChI=1S/C26H35N5O5/c1-18(2)24(31-26(34)36-15-19-7-4-3-5-8-19)25(33)30-21-11-10-20-12-14-27-22(29-20)9-6-13-28-23(32)17-35-16-21/h3-5,7-8,12,14,18,21,24H,6,9-11,13,15-17H2,1-2H3,(H,28,32)(H,30,33)(H,31,34). The van der Waals surface area contributed by atoms with Gasteiger partial charge in [0.2, 0.25) is 11.8 Å². The number of carbonyl (C=O) groups is 3. The van der Waals surface area contributed by atoms with Gasteiger partial charge < -0.3 is 25.4 Å². The van der Waals surface area contributed by atoms with Crippen LogP contribution < -0.4 is 16.0 Å². The molecule has 2 atom stereocenters. The van der Waals surface area contributed by atoms with Gasteiger partial charge in [-0.2, -0.15) is 0 Å². The van der Waals surface area contributed by atoms with Gasteiger partial charge in [-0.1, -0.05) is 44.2 Å². The van der Waals surface area contributed by atoms with Crippen LogP contribution in [0.4, 0.5) is 4.79 Å². The van der Waals surface area contributed by atoms with Crippen molar-refractivity contribution >= 4 is 17.9 Å². The molecule has 10 nitrogen and oxygen atoms in total. The molecule has 0 aliphatic carbocycles. The fraction of sp³-hybridized carbons (Fsp3) is 0.500. The van der Waals surface area contributed by atoms with Crippen molar-refractivity contribution in [3.8, 4) is 0 Å². The molecule has 3 N–H and O–H groups in total. The summed E-state index contributed by atoms with van der Waals surface area (Å²) in [4.78, 5) is 46.4. The van der Waals surface area contributed by atoms with Gasteiger partial charge in [0.05, 0.1) is 12.6 Å². The van der Waals surface area contributed by atoms with Crippen LogP contribution in [0.25, 0.3) is 0 Å². The Hall–Kier alpha value is -3.53. The number of nitrogens with zero attached hydrogens (tertiary/aromatic N) is 2. The Balaban J connectivity index is 1.61. The highest BCUT2D eigenvalue weighted by Crippen LogP contribution is 2.09. The topological polar surface area (TPSA) is 132 Å². The van der Waals surface area contributed by atoms with Crippen LogP contribution in [0.3, 0.4) is 0 Å². The molecule has 0 saturated carbocycles. The summed E-state index contributed by atoms with van der Waals surface area (Å²) in [6.45, 7) is 4.37. The van der Waals surface area contributed by atoms with Gasteiger partial charge in [0.1, 0.15) is 25.1 Å². The molecule has 2 heterocycles. The molecule has 3 amide bonds. The number of aryl methyl sites for hydroxylation is 2. The molecule has 0 saturated heterocycles. The number of alkyl carbamates (subject to hydrolysis) is 1. The first-order chi connectivity index (χ1) is 17.4. The minimum atomic E-state index is -0.796. The number of nitrogens with one attached hydrogen (secondary N) is 3. The van der Waals surface area contributed by atoms with Gasteiger partial charge in [0.25, 0.3) is 0 Å². The molecule has 2 bridgehead atoms. The maximum atomic E-state index is 13.1. The Morgan fingerprint density at radius 2 is 2.00 bits per heavy atom. The number of hydrogen-bond donors (Lipinski definition) is 3. The van der Waals surface area contributed by atoms with E-state index in [4.69, 9.17) is 9.47 Å². The zero-order valence-electron chi connectivity index (χ0n) is 20.9. The lowest BCUT2D eigenvalue weighted by atomic mass is 10.0. The molecular formula is C26H35N5O5. The second-order valence-electron chi connectivity index (χ2n) is 9.10. The number of benzene rings is 1. The third-order valence-electron chi connectivity index (χ3n) is 5.75. The van der Waals surface area contributed by atoms with Gasteiger partial charge in [-0.05, 0) is 36.8 Å². The Kier molecular flexibility index (Phi) is 10.6. The molecule has 0 fully saturated rings. The quantitative estimate of drug-likeness (QED) is 0.556. The van der Waals surface area contributed by atoms with Gasteiger partial charge in [-0.25, -0.2) is 14.8 Å². The average molecular weight is 498 g/mol. The molecule has 2 unspecified atom stereocenters. The van der Waals surface area contributed by atoms with Gasteiger partial charge in [0, 0.05) is 24.9 Å². The second-order valence-corrected chi connectivity index (χ2v) is 9.10. The number of hydrogen-bond acceptors (Lipinski definition) is 7. The van der Waals surface area contributed by atoms with E-state index >= 15 is 0 Å². The normalized spacial score (nSPS) is 17.9. The predicted octanol–water partition coefficient (Wildman–Crippen LogP) is 1.92. The van der Waals surface area contributed by atoms with Crippen molar-refractivity contribution in [1.82, 2.24) is 25.9 Å². The number of amides is 3. The molecule has 2 aromatic rings. The van der Waals surface area contributed by atoms with Gasteiger partial charge in [-0.3, -0.25) is 9.59 Å². The Bertz CT molecular complexity index is 1000. The van der Waals surface area contributed by atoms with E-state index in [-0.39, 0.29) is 43.6 Å². The fourth-order valence-corrected chi connectivity index (χ4v) is 3.76. The number of carbonyl (C=O) groups excluding carboxylic acids is 3. The number of aromatic nitrogens is 2. The smallest absolute Gasteiger partial charge is 0.408 e. The van der Waals surface area contributed by atoms with Crippen LogP contribution in [-0.4, -0.2) is 59.7 Å². The average Bonchev–Trinajstić information content (AvgIpc) is 2.87. The molecule has 3 rings (SSSR count). The zero-order chi connectivity index (χ0) is 25.8. The summed E-state index contributed by atoms with van der Waals surface area (Å²) in [6, 6.07) is 10.0. The summed E-state index contributed by atoms with van der Waals surface area (Å²) < 4.78 is 10.9. The van der Waals surface area contributed by atoms with Crippen molar-refractivity contribution in [2.24, 2.45) is 5.92 Å². The molecule has 10 heteroatoms. The third-order valence-corrected chi connectivity index (χ3v) is 5.75. The van der Waals surface area contributed by atoms with Crippen LogP contribution in [0, 0.1) is 5.92 Å². The highest BCUT2D eigenvalue weighted by molar-refractivity contribution is 5.86. The van der Waals surface area contributed by atoms with Crippen LogP contribution in [0.15, 0.2) is 42.6 Å². The zero-order valence-corrected chi connectivity index (χ0v) is 20.9. The summed E-state index contributed by atoms with van der Waals surface area (Å²) in [7, 11) is 0. The van der Waals surface area contributed by atoms with Crippen molar-refractivity contribution in [3.63, 3.8) is 0 Å². The maximum absolute atomic E-state index is 13.1. The summed E-state index contributed by atoms with van der Waals surface area (Å²) in [6.07, 6.45) is 3.62. The van der Waals surface area contributed by atoms with Crippen LogP contribution in [-0.2, 0) is 38.5 Å². The molecular weight excluding hydrogens is 462 g/mol. The van der Waals surface area contributed by atoms with Crippen LogP contribution >= 0.6 is 0 Å². The SMILES string of the molecule is CC(C)C(NC(=O)OCc1ccccc1)C(=O)NC1CCc2ccnc(n2)CCCNC(=O)COC1. The van der Waals surface area contributed by atoms with E-state index in [0.717, 1.165) is 23.5 Å². The van der Waals surface area contributed by atoms with Crippen molar-refractivity contribution in [3.05, 3.63) is 59.7 Å². The molecule has 194 valence electrons. The molecule has 0 radical (unpaired) electrons. The molecule has 1 aliphatic rings. The van der Waals surface area contributed by atoms with E-state index in [2.05, 4.69) is 25.9 Å². The molecule has 1 aliphatic heterocycles. The summed E-state index contributed by atoms with van der Waals surface area (Å²) in [5, 5.41) is 8.46. The van der Waals surface area contributed by atoms with Crippen molar-refractivity contribution < 1.29 is 23.9 Å². The highest BCUT2D eigenvalue weighted by atomic mass is 16.5. The van der Waals surface area contributed by atoms with Gasteiger partial charge >= 0.3 is 6.09 Å². The minimum Gasteiger partial charge on any atom is -0.445 e. The van der Waals surface area contributed by atoms with E-state index in [1.54, 1.807) is 6.20 Å². The van der Waals surface area contributed by atoms with Crippen LogP contribution in [0.5, 0.6) is 0 Å². The van der Waals surface area contributed by atoms with Crippen molar-refractivity contribution in [1.29, 1.82) is 0 Å². The largest absolute Gasteiger partial charge is 0.445 e. The van der Waals surface area contributed by atoms with E-state index < -0.39 is 12.1 Å². The first-order valence-corrected chi connectivity index (χ1v) is 12.3. The number of fused-ring (bicyclic) bond motifs is 2. The molecule has 0 spiro atoms. The lowest BCUT2D eigenvalue weighted by molar-refractivity contribution is -0.127. The van der Waals surface area contributed by atoms with Crippen LogP contribution in [0.1, 0.15) is 43.8 Å². The molecule has 1 aromatic carbocycles. The summed E-state index contributed by atoms with van der Waals surface area (Å²) in [5.74, 6) is -0.00321. The first kappa shape index (κ1) is 27.1. The third kappa shape index (κ3) is 9.26. The van der Waals surface area contributed by atoms with Gasteiger partial charge in [-0.15, -0.1) is 0 Å². The first-order valence-electron chi connectivity index (χ1n) is 12.3. The van der Waals surface area contributed by atoms with E-state index in [1.807, 2.05) is 50.2 Å². The van der Waals surface area contributed by atoms with E-state index in [1.165, 1.54) is 0 Å². The number of rotatable bonds is 6. The minimum absolute atomic E-state index is 0.0914. The molecule has 1 aromatic heterocycles. The van der Waals surface area contributed by atoms with Crippen LogP contribution in [0.2, 0.25) is 0 Å². The highest BCUT2D eigenvalue weighted by Gasteiger charge is 2.27. The summed E-state index contributed by atoms with van der Waals surface area (Å²) >= 11 is 0.